The highest BCUT2D eigenvalue weighted by atomic mass is 16.5. The van der Waals surface area contributed by atoms with E-state index in [4.69, 9.17) is 9.47 Å². The van der Waals surface area contributed by atoms with Gasteiger partial charge in [0.1, 0.15) is 0 Å². The summed E-state index contributed by atoms with van der Waals surface area (Å²) in [6, 6.07) is 28.2. The molecule has 3 aromatic rings. The fourth-order valence-corrected chi connectivity index (χ4v) is 4.30. The van der Waals surface area contributed by atoms with Gasteiger partial charge < -0.3 is 9.47 Å². The van der Waals surface area contributed by atoms with E-state index in [0.717, 1.165) is 44.2 Å². The second kappa shape index (κ2) is 9.79. The number of piperazine rings is 1. The molecule has 0 radical (unpaired) electrons. The van der Waals surface area contributed by atoms with Crippen LogP contribution in [-0.4, -0.2) is 50.2 Å². The molecule has 3 aromatic carbocycles. The van der Waals surface area contributed by atoms with Gasteiger partial charge in [-0.1, -0.05) is 66.7 Å². The first-order valence-electron chi connectivity index (χ1n) is 10.6. The Hall–Kier alpha value is -2.82. The summed E-state index contributed by atoms with van der Waals surface area (Å²) in [4.78, 5) is 5.13. The number of methoxy groups -OCH3 is 2. The Kier molecular flexibility index (Phi) is 6.67. The van der Waals surface area contributed by atoms with Gasteiger partial charge in [-0.05, 0) is 28.8 Å². The second-order valence-electron chi connectivity index (χ2n) is 7.73. The van der Waals surface area contributed by atoms with Crippen molar-refractivity contribution in [2.45, 2.75) is 12.6 Å². The summed E-state index contributed by atoms with van der Waals surface area (Å²) >= 11 is 0. The number of benzene rings is 3. The molecular weight excluding hydrogens is 372 g/mol. The number of ether oxygens (including phenoxy) is 2. The Labute approximate surface area is 179 Å². The highest BCUT2D eigenvalue weighted by Gasteiger charge is 2.26. The van der Waals surface area contributed by atoms with Gasteiger partial charge in [-0.15, -0.1) is 0 Å². The van der Waals surface area contributed by atoms with Gasteiger partial charge >= 0.3 is 0 Å². The number of nitrogens with zero attached hydrogens (tertiary/aromatic N) is 2. The van der Waals surface area contributed by atoms with Gasteiger partial charge in [0.25, 0.3) is 0 Å². The molecule has 1 heterocycles. The third-order valence-electron chi connectivity index (χ3n) is 5.86. The van der Waals surface area contributed by atoms with Crippen molar-refractivity contribution in [2.75, 3.05) is 40.4 Å². The fourth-order valence-electron chi connectivity index (χ4n) is 4.30. The van der Waals surface area contributed by atoms with E-state index < -0.39 is 0 Å². The molecule has 1 saturated heterocycles. The normalized spacial score (nSPS) is 15.3. The highest BCUT2D eigenvalue weighted by molar-refractivity contribution is 5.42. The Bertz CT molecular complexity index is 883. The van der Waals surface area contributed by atoms with Crippen LogP contribution in [-0.2, 0) is 6.54 Å². The lowest BCUT2D eigenvalue weighted by Crippen LogP contribution is -2.47. The van der Waals surface area contributed by atoms with Crippen LogP contribution in [0.4, 0.5) is 0 Å². The first-order valence-corrected chi connectivity index (χ1v) is 10.6. The molecule has 4 nitrogen and oxygen atoms in total. The standard InChI is InChI=1S/C26H30N2O2/c1-29-24-14-13-21(19-25(24)30-2)20-27-15-17-28(18-16-27)26(22-9-5-3-6-10-22)23-11-7-4-8-12-23/h3-14,19,26H,15-18,20H2,1-2H3. The maximum absolute atomic E-state index is 5.46. The highest BCUT2D eigenvalue weighted by Crippen LogP contribution is 2.31. The van der Waals surface area contributed by atoms with E-state index in [9.17, 15) is 0 Å². The van der Waals surface area contributed by atoms with Crippen molar-refractivity contribution in [3.8, 4) is 11.5 Å². The molecule has 4 rings (SSSR count). The fraction of sp³-hybridized carbons (Fsp3) is 0.308. The maximum atomic E-state index is 5.46. The van der Waals surface area contributed by atoms with E-state index in [1.807, 2.05) is 6.07 Å². The van der Waals surface area contributed by atoms with Crippen molar-refractivity contribution >= 4 is 0 Å². The summed E-state index contributed by atoms with van der Waals surface area (Å²) in [5.74, 6) is 1.57. The first-order chi connectivity index (χ1) is 14.8. The summed E-state index contributed by atoms with van der Waals surface area (Å²) in [7, 11) is 3.36. The van der Waals surface area contributed by atoms with Crippen LogP contribution < -0.4 is 9.47 Å². The summed E-state index contributed by atoms with van der Waals surface area (Å²) < 4.78 is 10.8. The van der Waals surface area contributed by atoms with E-state index in [-0.39, 0.29) is 0 Å². The predicted octanol–water partition coefficient (Wildman–Crippen LogP) is 4.61. The van der Waals surface area contributed by atoms with E-state index in [1.165, 1.54) is 16.7 Å². The minimum Gasteiger partial charge on any atom is -0.493 e. The minimum absolute atomic E-state index is 0.302. The van der Waals surface area contributed by atoms with E-state index in [2.05, 4.69) is 82.6 Å². The van der Waals surface area contributed by atoms with E-state index in [0.29, 0.717) is 6.04 Å². The third kappa shape index (κ3) is 4.66. The third-order valence-corrected chi connectivity index (χ3v) is 5.86. The van der Waals surface area contributed by atoms with Crippen molar-refractivity contribution in [1.29, 1.82) is 0 Å². The number of hydrogen-bond acceptors (Lipinski definition) is 4. The molecular formula is C26H30N2O2. The van der Waals surface area contributed by atoms with Crippen LogP contribution in [0.15, 0.2) is 78.9 Å². The molecule has 0 bridgehead atoms. The Balaban J connectivity index is 1.45. The first kappa shape index (κ1) is 20.5. The van der Waals surface area contributed by atoms with Gasteiger partial charge in [-0.25, -0.2) is 0 Å². The van der Waals surface area contributed by atoms with Crippen LogP contribution in [0.2, 0.25) is 0 Å². The molecule has 156 valence electrons. The lowest BCUT2D eigenvalue weighted by atomic mass is 9.96. The molecule has 0 saturated carbocycles. The largest absolute Gasteiger partial charge is 0.493 e. The van der Waals surface area contributed by atoms with Crippen LogP contribution in [0.1, 0.15) is 22.7 Å². The minimum atomic E-state index is 0.302. The monoisotopic (exact) mass is 402 g/mol. The molecule has 1 aliphatic heterocycles. The van der Waals surface area contributed by atoms with Crippen molar-refractivity contribution in [2.24, 2.45) is 0 Å². The number of rotatable bonds is 7. The zero-order chi connectivity index (χ0) is 20.8. The molecule has 0 atom stereocenters. The number of hydrogen-bond donors (Lipinski definition) is 0. The van der Waals surface area contributed by atoms with Crippen molar-refractivity contribution in [3.05, 3.63) is 95.6 Å². The molecule has 4 heteroatoms. The topological polar surface area (TPSA) is 24.9 Å². The van der Waals surface area contributed by atoms with Gasteiger partial charge in [-0.2, -0.15) is 0 Å². The Morgan fingerprint density at radius 2 is 1.27 bits per heavy atom. The van der Waals surface area contributed by atoms with Gasteiger partial charge in [-0.3, -0.25) is 9.80 Å². The van der Waals surface area contributed by atoms with Crippen LogP contribution in [0.3, 0.4) is 0 Å². The zero-order valence-electron chi connectivity index (χ0n) is 17.8. The zero-order valence-corrected chi connectivity index (χ0v) is 17.8. The average molecular weight is 403 g/mol. The molecule has 0 aromatic heterocycles. The summed E-state index contributed by atoms with van der Waals surface area (Å²) in [6.07, 6.45) is 0. The van der Waals surface area contributed by atoms with Gasteiger partial charge in [0.15, 0.2) is 11.5 Å². The Morgan fingerprint density at radius 1 is 0.700 bits per heavy atom. The van der Waals surface area contributed by atoms with Crippen molar-refractivity contribution in [3.63, 3.8) is 0 Å². The quantitative estimate of drug-likeness (QED) is 0.576. The molecule has 30 heavy (non-hydrogen) atoms. The molecule has 1 fully saturated rings. The van der Waals surface area contributed by atoms with Crippen LogP contribution >= 0.6 is 0 Å². The average Bonchev–Trinajstić information content (AvgIpc) is 2.82. The van der Waals surface area contributed by atoms with Crippen molar-refractivity contribution in [1.82, 2.24) is 9.80 Å². The molecule has 0 N–H and O–H groups in total. The molecule has 0 spiro atoms. The van der Waals surface area contributed by atoms with E-state index >= 15 is 0 Å². The maximum Gasteiger partial charge on any atom is 0.161 e. The predicted molar refractivity (Wildman–Crippen MR) is 121 cm³/mol. The Morgan fingerprint density at radius 3 is 1.80 bits per heavy atom. The van der Waals surface area contributed by atoms with Crippen molar-refractivity contribution < 1.29 is 9.47 Å². The van der Waals surface area contributed by atoms with Gasteiger partial charge in [0.2, 0.25) is 0 Å². The lowest BCUT2D eigenvalue weighted by molar-refractivity contribution is 0.105. The summed E-state index contributed by atoms with van der Waals surface area (Å²) in [6.45, 7) is 5.11. The van der Waals surface area contributed by atoms with Crippen LogP contribution in [0, 0.1) is 0 Å². The summed E-state index contributed by atoms with van der Waals surface area (Å²) in [5.41, 5.74) is 3.97. The SMILES string of the molecule is COc1ccc(CN2CCN(C(c3ccccc3)c3ccccc3)CC2)cc1OC. The lowest BCUT2D eigenvalue weighted by Gasteiger charge is -2.40. The molecule has 0 amide bonds. The van der Waals surface area contributed by atoms with Gasteiger partial charge in [0, 0.05) is 32.7 Å². The molecule has 1 aliphatic rings. The molecule has 0 aliphatic carbocycles. The van der Waals surface area contributed by atoms with Gasteiger partial charge in [0.05, 0.1) is 20.3 Å². The second-order valence-corrected chi connectivity index (χ2v) is 7.73. The summed E-state index contributed by atoms with van der Waals surface area (Å²) in [5, 5.41) is 0. The van der Waals surface area contributed by atoms with E-state index in [1.54, 1.807) is 14.2 Å². The smallest absolute Gasteiger partial charge is 0.161 e. The van der Waals surface area contributed by atoms with Crippen LogP contribution in [0.5, 0.6) is 11.5 Å². The van der Waals surface area contributed by atoms with Crippen LogP contribution in [0.25, 0.3) is 0 Å². The molecule has 0 unspecified atom stereocenters.